The second-order valence-electron chi connectivity index (χ2n) is 6.10. The van der Waals surface area contributed by atoms with Crippen LogP contribution in [0.3, 0.4) is 0 Å². The van der Waals surface area contributed by atoms with Gasteiger partial charge in [-0.15, -0.1) is 0 Å². The summed E-state index contributed by atoms with van der Waals surface area (Å²) in [6.07, 6.45) is -0.0485. The molecule has 7 nitrogen and oxygen atoms in total. The van der Waals surface area contributed by atoms with Crippen molar-refractivity contribution in [3.05, 3.63) is 59.7 Å². The summed E-state index contributed by atoms with van der Waals surface area (Å²) in [7, 11) is 0. The Balaban J connectivity index is 1.50. The van der Waals surface area contributed by atoms with E-state index in [2.05, 4.69) is 5.32 Å². The molecule has 2 aromatic rings. The molecule has 0 aromatic heterocycles. The number of carbonyl (C=O) groups excluding carboxylic acids is 4. The third-order valence-electron chi connectivity index (χ3n) is 4.50. The maximum atomic E-state index is 12.6. The predicted molar refractivity (Wildman–Crippen MR) is 93.9 cm³/mol. The van der Waals surface area contributed by atoms with E-state index in [1.807, 2.05) is 0 Å². The van der Waals surface area contributed by atoms with Crippen LogP contribution in [0, 0.1) is 0 Å². The molecule has 2 heterocycles. The normalized spacial score (nSPS) is 15.6. The first-order valence-corrected chi connectivity index (χ1v) is 8.21. The van der Waals surface area contributed by atoms with Crippen LogP contribution in [-0.4, -0.2) is 41.6 Å². The Labute approximate surface area is 149 Å². The summed E-state index contributed by atoms with van der Waals surface area (Å²) in [6, 6.07) is 13.6. The summed E-state index contributed by atoms with van der Waals surface area (Å²) in [6.45, 7) is -0.108. The van der Waals surface area contributed by atoms with E-state index in [0.29, 0.717) is 22.5 Å². The largest absolute Gasteiger partial charge is 0.323 e. The van der Waals surface area contributed by atoms with E-state index < -0.39 is 11.8 Å². The highest BCUT2D eigenvalue weighted by Gasteiger charge is 2.36. The van der Waals surface area contributed by atoms with Crippen LogP contribution in [0.25, 0.3) is 0 Å². The van der Waals surface area contributed by atoms with Crippen molar-refractivity contribution in [3.8, 4) is 0 Å². The number of para-hydroxylation sites is 2. The fourth-order valence-electron chi connectivity index (χ4n) is 3.24. The molecule has 2 aliphatic rings. The highest BCUT2D eigenvalue weighted by atomic mass is 16.2. The number of amides is 4. The van der Waals surface area contributed by atoms with E-state index in [1.165, 1.54) is 4.90 Å². The minimum atomic E-state index is -0.393. The van der Waals surface area contributed by atoms with Gasteiger partial charge in [0.1, 0.15) is 6.54 Å². The van der Waals surface area contributed by atoms with E-state index >= 15 is 0 Å². The van der Waals surface area contributed by atoms with Gasteiger partial charge in [-0.05, 0) is 24.3 Å². The van der Waals surface area contributed by atoms with E-state index in [9.17, 15) is 19.2 Å². The van der Waals surface area contributed by atoms with Gasteiger partial charge in [0.25, 0.3) is 11.8 Å². The number of carbonyl (C=O) groups is 4. The molecule has 0 aliphatic carbocycles. The minimum absolute atomic E-state index is 0.0224. The molecule has 26 heavy (non-hydrogen) atoms. The molecule has 0 spiro atoms. The number of nitrogens with one attached hydrogen (secondary N) is 1. The number of nitrogens with zero attached hydrogens (tertiary/aromatic N) is 2. The first-order chi connectivity index (χ1) is 12.6. The maximum Gasteiger partial charge on any atom is 0.261 e. The van der Waals surface area contributed by atoms with Crippen LogP contribution in [0.1, 0.15) is 27.1 Å². The SMILES string of the molecule is O=C1CN(C(=O)CCN2C(=O)c3ccccc3C2=O)c2ccccc2N1. The van der Waals surface area contributed by atoms with Crippen LogP contribution < -0.4 is 10.2 Å². The molecule has 0 unspecified atom stereocenters. The van der Waals surface area contributed by atoms with E-state index in [0.717, 1.165) is 4.90 Å². The topological polar surface area (TPSA) is 86.8 Å². The van der Waals surface area contributed by atoms with E-state index in [-0.39, 0.29) is 31.3 Å². The molecule has 0 fully saturated rings. The van der Waals surface area contributed by atoms with Crippen molar-refractivity contribution < 1.29 is 19.2 Å². The van der Waals surface area contributed by atoms with Crippen molar-refractivity contribution in [1.29, 1.82) is 0 Å². The molecular formula is C19H15N3O4. The molecule has 0 bridgehead atoms. The molecule has 4 amide bonds. The summed E-state index contributed by atoms with van der Waals surface area (Å²) >= 11 is 0. The van der Waals surface area contributed by atoms with Gasteiger partial charge in [-0.25, -0.2) is 0 Å². The van der Waals surface area contributed by atoms with Gasteiger partial charge in [-0.2, -0.15) is 0 Å². The summed E-state index contributed by atoms with van der Waals surface area (Å²) in [5, 5.41) is 2.72. The Morgan fingerprint density at radius 3 is 2.23 bits per heavy atom. The smallest absolute Gasteiger partial charge is 0.261 e. The van der Waals surface area contributed by atoms with Gasteiger partial charge in [0.15, 0.2) is 0 Å². The lowest BCUT2D eigenvalue weighted by Gasteiger charge is -2.29. The zero-order valence-electron chi connectivity index (χ0n) is 13.8. The van der Waals surface area contributed by atoms with Crippen LogP contribution in [0.15, 0.2) is 48.5 Å². The molecule has 4 rings (SSSR count). The molecule has 7 heteroatoms. The first kappa shape index (κ1) is 16.0. The fourth-order valence-corrected chi connectivity index (χ4v) is 3.24. The molecule has 2 aromatic carbocycles. The van der Waals surface area contributed by atoms with Crippen molar-refractivity contribution >= 4 is 35.0 Å². The minimum Gasteiger partial charge on any atom is -0.323 e. The third-order valence-corrected chi connectivity index (χ3v) is 4.50. The number of fused-ring (bicyclic) bond motifs is 2. The molecule has 0 saturated carbocycles. The van der Waals surface area contributed by atoms with Crippen molar-refractivity contribution in [3.63, 3.8) is 0 Å². The van der Waals surface area contributed by atoms with Gasteiger partial charge in [0.2, 0.25) is 11.8 Å². The van der Waals surface area contributed by atoms with Crippen molar-refractivity contribution in [2.75, 3.05) is 23.3 Å². The lowest BCUT2D eigenvalue weighted by molar-refractivity contribution is -0.122. The molecule has 1 N–H and O–H groups in total. The number of hydrogen-bond donors (Lipinski definition) is 1. The van der Waals surface area contributed by atoms with Gasteiger partial charge in [0.05, 0.1) is 22.5 Å². The molecular weight excluding hydrogens is 334 g/mol. The van der Waals surface area contributed by atoms with Gasteiger partial charge in [-0.3, -0.25) is 24.1 Å². The highest BCUT2D eigenvalue weighted by Crippen LogP contribution is 2.29. The Morgan fingerprint density at radius 1 is 0.923 bits per heavy atom. The van der Waals surface area contributed by atoms with Crippen LogP contribution >= 0.6 is 0 Å². The van der Waals surface area contributed by atoms with Gasteiger partial charge in [-0.1, -0.05) is 24.3 Å². The average molecular weight is 349 g/mol. The number of hydrogen-bond acceptors (Lipinski definition) is 4. The molecule has 130 valence electrons. The summed E-state index contributed by atoms with van der Waals surface area (Å²) < 4.78 is 0. The van der Waals surface area contributed by atoms with Crippen molar-refractivity contribution in [2.24, 2.45) is 0 Å². The summed E-state index contributed by atoms with van der Waals surface area (Å²) in [5.41, 5.74) is 1.89. The van der Waals surface area contributed by atoms with Crippen molar-refractivity contribution in [2.45, 2.75) is 6.42 Å². The number of imide groups is 1. The maximum absolute atomic E-state index is 12.6. The Kier molecular flexibility index (Phi) is 3.76. The third kappa shape index (κ3) is 2.54. The summed E-state index contributed by atoms with van der Waals surface area (Å²) in [4.78, 5) is 51.7. The zero-order valence-corrected chi connectivity index (χ0v) is 13.8. The standard InChI is InChI=1S/C19H15N3O4/c23-16-11-22(15-8-4-3-7-14(15)20-16)17(24)9-10-21-18(25)12-5-1-2-6-13(12)19(21)26/h1-8H,9-11H2,(H,20,23). The van der Waals surface area contributed by atoms with Crippen LogP contribution in [0.2, 0.25) is 0 Å². The molecule has 2 aliphatic heterocycles. The highest BCUT2D eigenvalue weighted by molar-refractivity contribution is 6.21. The van der Waals surface area contributed by atoms with Crippen molar-refractivity contribution in [1.82, 2.24) is 4.90 Å². The lowest BCUT2D eigenvalue weighted by atomic mass is 10.1. The Bertz CT molecular complexity index is 918. The monoisotopic (exact) mass is 349 g/mol. The lowest BCUT2D eigenvalue weighted by Crippen LogP contribution is -2.43. The number of anilines is 2. The van der Waals surface area contributed by atoms with Gasteiger partial charge < -0.3 is 10.2 Å². The average Bonchev–Trinajstić information content (AvgIpc) is 2.90. The van der Waals surface area contributed by atoms with Crippen LogP contribution in [0.5, 0.6) is 0 Å². The fraction of sp³-hybridized carbons (Fsp3) is 0.158. The second-order valence-corrected chi connectivity index (χ2v) is 6.10. The van der Waals surface area contributed by atoms with Crippen LogP contribution in [0.4, 0.5) is 11.4 Å². The van der Waals surface area contributed by atoms with Crippen LogP contribution in [-0.2, 0) is 9.59 Å². The Morgan fingerprint density at radius 2 is 1.54 bits per heavy atom. The summed E-state index contributed by atoms with van der Waals surface area (Å²) in [5.74, 6) is -1.38. The Hall–Kier alpha value is -3.48. The van der Waals surface area contributed by atoms with Gasteiger partial charge >= 0.3 is 0 Å². The van der Waals surface area contributed by atoms with E-state index in [1.54, 1.807) is 48.5 Å². The van der Waals surface area contributed by atoms with Gasteiger partial charge in [0, 0.05) is 13.0 Å². The first-order valence-electron chi connectivity index (χ1n) is 8.21. The quantitative estimate of drug-likeness (QED) is 0.854. The predicted octanol–water partition coefficient (Wildman–Crippen LogP) is 1.66. The molecule has 0 radical (unpaired) electrons. The zero-order chi connectivity index (χ0) is 18.3. The molecule has 0 saturated heterocycles. The molecule has 0 atom stereocenters. The number of rotatable bonds is 3. The number of benzene rings is 2. The van der Waals surface area contributed by atoms with E-state index in [4.69, 9.17) is 0 Å². The second kappa shape index (κ2) is 6.11.